The first-order valence-electron chi connectivity index (χ1n) is 7.36. The summed E-state index contributed by atoms with van der Waals surface area (Å²) in [4.78, 5) is 7.08. The van der Waals surface area contributed by atoms with Gasteiger partial charge in [0.15, 0.2) is 5.65 Å². The molecule has 4 nitrogen and oxygen atoms in total. The molecule has 1 fully saturated rings. The number of hydrogen-bond donors (Lipinski definition) is 0. The third-order valence-electron chi connectivity index (χ3n) is 3.89. The molecule has 0 N–H and O–H groups in total. The number of allylic oxidation sites excluding steroid dienone is 3. The Hall–Kier alpha value is -2.36. The minimum absolute atomic E-state index is 0.358. The van der Waals surface area contributed by atoms with Crippen molar-refractivity contribution in [3.05, 3.63) is 61.0 Å². The minimum atomic E-state index is 0.358. The number of fused-ring (bicyclic) bond motifs is 1. The zero-order valence-corrected chi connectivity index (χ0v) is 12.3. The summed E-state index contributed by atoms with van der Waals surface area (Å²) >= 11 is 0. The van der Waals surface area contributed by atoms with Crippen molar-refractivity contribution in [2.45, 2.75) is 25.8 Å². The Morgan fingerprint density at radius 1 is 1.43 bits per heavy atom. The Balaban J connectivity index is 1.94. The molecular formula is C17H20N4. The molecule has 108 valence electrons. The van der Waals surface area contributed by atoms with Crippen LogP contribution in [0.3, 0.4) is 0 Å². The van der Waals surface area contributed by atoms with E-state index in [9.17, 15) is 0 Å². The second-order valence-corrected chi connectivity index (χ2v) is 5.17. The minimum Gasteiger partial charge on any atom is -0.349 e. The standard InChI is InChI=1S/C17H20N4/c1-3-5-7-14(4-2)15-8-6-12-20(15)16-10-13-21-17(19-16)9-11-18-21/h3-5,7,9-11,13,15H,2,6,8,12H2,1H3/b5-3-,14-7+. The zero-order chi connectivity index (χ0) is 14.7. The smallest absolute Gasteiger partial charge is 0.157 e. The molecule has 1 unspecified atom stereocenters. The molecule has 21 heavy (non-hydrogen) atoms. The highest BCUT2D eigenvalue weighted by molar-refractivity contribution is 5.51. The summed E-state index contributed by atoms with van der Waals surface area (Å²) in [5, 5.41) is 4.20. The molecule has 0 amide bonds. The molecule has 0 bridgehead atoms. The van der Waals surface area contributed by atoms with Crippen molar-refractivity contribution < 1.29 is 0 Å². The first kappa shape index (κ1) is 13.6. The largest absolute Gasteiger partial charge is 0.349 e. The Labute approximate surface area is 125 Å². The number of anilines is 1. The Bertz CT molecular complexity index is 696. The van der Waals surface area contributed by atoms with Crippen molar-refractivity contribution in [2.24, 2.45) is 0 Å². The van der Waals surface area contributed by atoms with E-state index >= 15 is 0 Å². The molecule has 1 aliphatic rings. The van der Waals surface area contributed by atoms with E-state index in [2.05, 4.69) is 28.7 Å². The van der Waals surface area contributed by atoms with Crippen LogP contribution in [0.25, 0.3) is 5.65 Å². The van der Waals surface area contributed by atoms with Crippen LogP contribution in [-0.2, 0) is 0 Å². The average molecular weight is 280 g/mol. The Kier molecular flexibility index (Phi) is 3.86. The van der Waals surface area contributed by atoms with Crippen LogP contribution >= 0.6 is 0 Å². The van der Waals surface area contributed by atoms with Gasteiger partial charge < -0.3 is 4.90 Å². The van der Waals surface area contributed by atoms with E-state index in [-0.39, 0.29) is 0 Å². The topological polar surface area (TPSA) is 33.4 Å². The van der Waals surface area contributed by atoms with Crippen molar-refractivity contribution in [2.75, 3.05) is 11.4 Å². The van der Waals surface area contributed by atoms with Crippen molar-refractivity contribution in [3.8, 4) is 0 Å². The van der Waals surface area contributed by atoms with Crippen molar-refractivity contribution in [3.63, 3.8) is 0 Å². The fraction of sp³-hybridized carbons (Fsp3) is 0.294. The normalized spacial score (nSPS) is 19.8. The maximum atomic E-state index is 4.71. The van der Waals surface area contributed by atoms with E-state index < -0.39 is 0 Å². The molecule has 1 saturated heterocycles. The highest BCUT2D eigenvalue weighted by atomic mass is 15.3. The number of rotatable bonds is 4. The lowest BCUT2D eigenvalue weighted by molar-refractivity contribution is 0.765. The lowest BCUT2D eigenvalue weighted by Gasteiger charge is -2.26. The van der Waals surface area contributed by atoms with E-state index in [4.69, 9.17) is 4.98 Å². The average Bonchev–Trinajstić information content (AvgIpc) is 3.16. The zero-order valence-electron chi connectivity index (χ0n) is 12.3. The molecule has 0 aliphatic carbocycles. The van der Waals surface area contributed by atoms with Gasteiger partial charge in [0, 0.05) is 18.8 Å². The molecule has 1 aliphatic heterocycles. The molecule has 2 aromatic heterocycles. The molecule has 0 radical (unpaired) electrons. The fourth-order valence-electron chi connectivity index (χ4n) is 2.87. The molecule has 0 saturated carbocycles. The molecule has 4 heteroatoms. The first-order chi connectivity index (χ1) is 10.3. The number of aromatic nitrogens is 3. The van der Waals surface area contributed by atoms with Gasteiger partial charge in [0.2, 0.25) is 0 Å². The van der Waals surface area contributed by atoms with Gasteiger partial charge in [-0.2, -0.15) is 5.10 Å². The highest BCUT2D eigenvalue weighted by Gasteiger charge is 2.27. The molecule has 0 aromatic carbocycles. The lowest BCUT2D eigenvalue weighted by atomic mass is 10.0. The van der Waals surface area contributed by atoms with Gasteiger partial charge in [-0.3, -0.25) is 0 Å². The summed E-state index contributed by atoms with van der Waals surface area (Å²) in [7, 11) is 0. The van der Waals surface area contributed by atoms with Crippen LogP contribution < -0.4 is 4.90 Å². The van der Waals surface area contributed by atoms with Crippen molar-refractivity contribution >= 4 is 11.5 Å². The summed E-state index contributed by atoms with van der Waals surface area (Å²) < 4.78 is 1.79. The summed E-state index contributed by atoms with van der Waals surface area (Å²) in [5.74, 6) is 1.01. The number of nitrogens with zero attached hydrogens (tertiary/aromatic N) is 4. The Morgan fingerprint density at radius 2 is 2.33 bits per heavy atom. The maximum Gasteiger partial charge on any atom is 0.157 e. The summed E-state index contributed by atoms with van der Waals surface area (Å²) in [5.41, 5.74) is 2.14. The van der Waals surface area contributed by atoms with Crippen molar-refractivity contribution in [1.82, 2.24) is 14.6 Å². The van der Waals surface area contributed by atoms with Gasteiger partial charge in [0.05, 0.1) is 12.2 Å². The van der Waals surface area contributed by atoms with Crippen molar-refractivity contribution in [1.29, 1.82) is 0 Å². The van der Waals surface area contributed by atoms with Gasteiger partial charge in [-0.25, -0.2) is 9.50 Å². The number of hydrogen-bond acceptors (Lipinski definition) is 3. The van der Waals surface area contributed by atoms with Crippen LogP contribution in [0.5, 0.6) is 0 Å². The van der Waals surface area contributed by atoms with E-state index in [1.807, 2.05) is 37.4 Å². The van der Waals surface area contributed by atoms with Gasteiger partial charge in [-0.05, 0) is 31.4 Å². The first-order valence-corrected chi connectivity index (χ1v) is 7.36. The summed E-state index contributed by atoms with van der Waals surface area (Å²) in [6.07, 6.45) is 14.3. The van der Waals surface area contributed by atoms with Crippen LogP contribution in [0.4, 0.5) is 5.82 Å². The van der Waals surface area contributed by atoms with Gasteiger partial charge in [-0.1, -0.05) is 30.9 Å². The maximum absolute atomic E-state index is 4.71. The molecule has 3 rings (SSSR count). The van der Waals surface area contributed by atoms with Gasteiger partial charge in [-0.15, -0.1) is 0 Å². The quantitative estimate of drug-likeness (QED) is 0.805. The molecule has 3 heterocycles. The third-order valence-corrected chi connectivity index (χ3v) is 3.89. The SMILES string of the molecule is C=C/C(=C\C=C/C)C1CCCN1c1ccn2nccc2n1. The van der Waals surface area contributed by atoms with Gasteiger partial charge in [0.1, 0.15) is 5.82 Å². The van der Waals surface area contributed by atoms with Gasteiger partial charge >= 0.3 is 0 Å². The molecular weight excluding hydrogens is 260 g/mol. The lowest BCUT2D eigenvalue weighted by Crippen LogP contribution is -2.31. The van der Waals surface area contributed by atoms with Gasteiger partial charge in [0.25, 0.3) is 0 Å². The van der Waals surface area contributed by atoms with Crippen LogP contribution in [0.2, 0.25) is 0 Å². The predicted molar refractivity (Wildman–Crippen MR) is 86.4 cm³/mol. The van der Waals surface area contributed by atoms with Crippen LogP contribution in [0, 0.1) is 0 Å². The summed E-state index contributed by atoms with van der Waals surface area (Å²) in [6, 6.07) is 4.32. The second-order valence-electron chi connectivity index (χ2n) is 5.17. The predicted octanol–water partition coefficient (Wildman–Crippen LogP) is 3.39. The molecule has 1 atom stereocenters. The highest BCUT2D eigenvalue weighted by Crippen LogP contribution is 2.29. The molecule has 0 spiro atoms. The van der Waals surface area contributed by atoms with Crippen LogP contribution in [0.1, 0.15) is 19.8 Å². The van der Waals surface area contributed by atoms with E-state index in [0.717, 1.165) is 24.4 Å². The Morgan fingerprint density at radius 3 is 3.14 bits per heavy atom. The second kappa shape index (κ2) is 5.95. The fourth-order valence-corrected chi connectivity index (χ4v) is 2.87. The van der Waals surface area contributed by atoms with E-state index in [0.29, 0.717) is 6.04 Å². The van der Waals surface area contributed by atoms with E-state index in [1.165, 1.54) is 12.0 Å². The van der Waals surface area contributed by atoms with Crippen LogP contribution in [0.15, 0.2) is 61.0 Å². The summed E-state index contributed by atoms with van der Waals surface area (Å²) in [6.45, 7) is 7.02. The third kappa shape index (κ3) is 2.61. The monoisotopic (exact) mass is 280 g/mol. The molecule has 2 aromatic rings. The van der Waals surface area contributed by atoms with E-state index in [1.54, 1.807) is 10.7 Å². The van der Waals surface area contributed by atoms with Crippen LogP contribution in [-0.4, -0.2) is 27.2 Å².